The fourth-order valence-corrected chi connectivity index (χ4v) is 3.22. The van der Waals surface area contributed by atoms with Crippen LogP contribution >= 0.6 is 0 Å². The van der Waals surface area contributed by atoms with Gasteiger partial charge in [0.25, 0.3) is 0 Å². The van der Waals surface area contributed by atoms with E-state index in [1.54, 1.807) is 6.07 Å². The maximum absolute atomic E-state index is 14.3. The number of hydrogen-bond donors (Lipinski definition) is 1. The highest BCUT2D eigenvalue weighted by Crippen LogP contribution is 2.25. The van der Waals surface area contributed by atoms with E-state index in [0.29, 0.717) is 38.4 Å². The molecule has 3 rings (SSSR count). The zero-order valence-electron chi connectivity index (χ0n) is 12.7. The van der Waals surface area contributed by atoms with Crippen molar-refractivity contribution in [3.05, 3.63) is 29.6 Å². The zero-order chi connectivity index (χ0) is 15.5. The van der Waals surface area contributed by atoms with Gasteiger partial charge in [0.05, 0.1) is 5.69 Å². The third kappa shape index (κ3) is 3.32. The highest BCUT2D eigenvalue weighted by atomic mass is 19.1. The first kappa shape index (κ1) is 15.1. The molecule has 0 aliphatic carbocycles. The minimum Gasteiger partial charge on any atom is -0.465 e. The van der Waals surface area contributed by atoms with Crippen molar-refractivity contribution in [3.63, 3.8) is 0 Å². The number of anilines is 1. The van der Waals surface area contributed by atoms with E-state index >= 15 is 0 Å². The van der Waals surface area contributed by atoms with Gasteiger partial charge in [-0.25, -0.2) is 9.18 Å². The molecule has 2 fully saturated rings. The molecule has 0 bridgehead atoms. The molecule has 6 heteroatoms. The van der Waals surface area contributed by atoms with Gasteiger partial charge in [-0.2, -0.15) is 0 Å². The minimum absolute atomic E-state index is 0.149. The van der Waals surface area contributed by atoms with Gasteiger partial charge in [-0.3, -0.25) is 4.90 Å². The summed E-state index contributed by atoms with van der Waals surface area (Å²) in [6, 6.07) is 5.49. The van der Waals surface area contributed by atoms with E-state index in [1.165, 1.54) is 4.90 Å². The number of amides is 1. The SMILES string of the molecule is O=C(O)N1CCN(Cc2ccc(N3CCCC3)c(F)c2)CC1. The van der Waals surface area contributed by atoms with Crippen molar-refractivity contribution in [1.29, 1.82) is 0 Å². The lowest BCUT2D eigenvalue weighted by atomic mass is 10.1. The lowest BCUT2D eigenvalue weighted by molar-refractivity contribution is 0.103. The molecule has 5 nitrogen and oxygen atoms in total. The summed E-state index contributed by atoms with van der Waals surface area (Å²) in [6.45, 7) is 4.97. The normalized spacial score (nSPS) is 19.7. The fraction of sp³-hybridized carbons (Fsp3) is 0.562. The Labute approximate surface area is 129 Å². The summed E-state index contributed by atoms with van der Waals surface area (Å²) < 4.78 is 14.3. The van der Waals surface area contributed by atoms with Crippen LogP contribution in [0, 0.1) is 5.82 Å². The molecule has 22 heavy (non-hydrogen) atoms. The Hall–Kier alpha value is -1.82. The molecule has 0 spiro atoms. The predicted octanol–water partition coefficient (Wildman–Crippen LogP) is 2.22. The molecule has 0 unspecified atom stereocenters. The summed E-state index contributed by atoms with van der Waals surface area (Å²) in [5.74, 6) is -0.149. The Morgan fingerprint density at radius 1 is 1.09 bits per heavy atom. The topological polar surface area (TPSA) is 47.0 Å². The van der Waals surface area contributed by atoms with Crippen molar-refractivity contribution >= 4 is 11.8 Å². The molecule has 2 aliphatic rings. The molecule has 0 atom stereocenters. The van der Waals surface area contributed by atoms with E-state index in [1.807, 2.05) is 12.1 Å². The first-order valence-corrected chi connectivity index (χ1v) is 7.87. The first-order chi connectivity index (χ1) is 10.6. The van der Waals surface area contributed by atoms with E-state index < -0.39 is 6.09 Å². The highest BCUT2D eigenvalue weighted by Gasteiger charge is 2.21. The van der Waals surface area contributed by atoms with Crippen LogP contribution in [0.5, 0.6) is 0 Å². The van der Waals surface area contributed by atoms with E-state index in [9.17, 15) is 9.18 Å². The molecule has 120 valence electrons. The predicted molar refractivity (Wildman–Crippen MR) is 82.7 cm³/mol. The van der Waals surface area contributed by atoms with E-state index in [2.05, 4.69) is 9.80 Å². The summed E-state index contributed by atoms with van der Waals surface area (Å²) in [5, 5.41) is 8.94. The number of hydrogen-bond acceptors (Lipinski definition) is 3. The van der Waals surface area contributed by atoms with Crippen molar-refractivity contribution in [1.82, 2.24) is 9.80 Å². The molecule has 0 saturated carbocycles. The quantitative estimate of drug-likeness (QED) is 0.930. The molecule has 0 radical (unpaired) electrons. The Morgan fingerprint density at radius 3 is 2.36 bits per heavy atom. The standard InChI is InChI=1S/C16H22FN3O2/c17-14-11-13(3-4-15(14)19-5-1-2-6-19)12-18-7-9-20(10-8-18)16(21)22/h3-4,11H,1-2,5-10,12H2,(H,21,22). The van der Waals surface area contributed by atoms with Crippen LogP contribution in [0.15, 0.2) is 18.2 Å². The highest BCUT2D eigenvalue weighted by molar-refractivity contribution is 5.65. The van der Waals surface area contributed by atoms with Crippen LogP contribution in [0.4, 0.5) is 14.9 Å². The smallest absolute Gasteiger partial charge is 0.407 e. The van der Waals surface area contributed by atoms with Crippen molar-refractivity contribution in [3.8, 4) is 0 Å². The van der Waals surface area contributed by atoms with Gasteiger partial charge in [0.2, 0.25) is 0 Å². The molecule has 1 aromatic rings. The average molecular weight is 307 g/mol. The number of benzene rings is 1. The molecule has 2 heterocycles. The molecule has 1 N–H and O–H groups in total. The molecule has 0 aromatic heterocycles. The third-order valence-corrected chi connectivity index (χ3v) is 4.51. The number of carbonyl (C=O) groups is 1. The van der Waals surface area contributed by atoms with E-state index in [0.717, 1.165) is 31.5 Å². The van der Waals surface area contributed by atoms with Crippen LogP contribution in [0.2, 0.25) is 0 Å². The molecule has 1 amide bonds. The maximum atomic E-state index is 14.3. The lowest BCUT2D eigenvalue weighted by Crippen LogP contribution is -2.47. The molecule has 1 aromatic carbocycles. The molecular formula is C16H22FN3O2. The largest absolute Gasteiger partial charge is 0.465 e. The Bertz CT molecular complexity index is 538. The summed E-state index contributed by atoms with van der Waals surface area (Å²) in [7, 11) is 0. The molecule has 2 aliphatic heterocycles. The second-order valence-electron chi connectivity index (χ2n) is 6.03. The van der Waals surface area contributed by atoms with Crippen LogP contribution in [0.25, 0.3) is 0 Å². The Kier molecular flexibility index (Phi) is 4.47. The monoisotopic (exact) mass is 307 g/mol. The van der Waals surface area contributed by atoms with Gasteiger partial charge in [0.15, 0.2) is 0 Å². The zero-order valence-corrected chi connectivity index (χ0v) is 12.7. The summed E-state index contributed by atoms with van der Waals surface area (Å²) >= 11 is 0. The van der Waals surface area contributed by atoms with Gasteiger partial charge in [0, 0.05) is 45.8 Å². The Morgan fingerprint density at radius 2 is 1.77 bits per heavy atom. The van der Waals surface area contributed by atoms with Gasteiger partial charge in [-0.1, -0.05) is 6.07 Å². The number of rotatable bonds is 3. The van der Waals surface area contributed by atoms with Crippen molar-refractivity contribution in [2.75, 3.05) is 44.2 Å². The van der Waals surface area contributed by atoms with Crippen molar-refractivity contribution in [2.45, 2.75) is 19.4 Å². The van der Waals surface area contributed by atoms with Gasteiger partial charge in [0.1, 0.15) is 5.82 Å². The fourth-order valence-electron chi connectivity index (χ4n) is 3.22. The number of nitrogens with zero attached hydrogens (tertiary/aromatic N) is 3. The van der Waals surface area contributed by atoms with Gasteiger partial charge >= 0.3 is 6.09 Å². The van der Waals surface area contributed by atoms with Gasteiger partial charge < -0.3 is 14.9 Å². The van der Waals surface area contributed by atoms with Gasteiger partial charge in [-0.15, -0.1) is 0 Å². The van der Waals surface area contributed by atoms with Gasteiger partial charge in [-0.05, 0) is 30.5 Å². The van der Waals surface area contributed by atoms with Crippen molar-refractivity contribution in [2.24, 2.45) is 0 Å². The van der Waals surface area contributed by atoms with Crippen LogP contribution in [-0.2, 0) is 6.54 Å². The molecule has 2 saturated heterocycles. The number of halogens is 1. The van der Waals surface area contributed by atoms with Crippen LogP contribution in [0.3, 0.4) is 0 Å². The second kappa shape index (κ2) is 6.52. The van der Waals surface area contributed by atoms with Crippen LogP contribution < -0.4 is 4.90 Å². The van der Waals surface area contributed by atoms with Crippen LogP contribution in [-0.4, -0.2) is 60.3 Å². The number of piperazine rings is 1. The lowest BCUT2D eigenvalue weighted by Gasteiger charge is -2.33. The van der Waals surface area contributed by atoms with Crippen LogP contribution in [0.1, 0.15) is 18.4 Å². The summed E-state index contributed by atoms with van der Waals surface area (Å²) in [6.07, 6.45) is 1.41. The first-order valence-electron chi connectivity index (χ1n) is 7.87. The second-order valence-corrected chi connectivity index (χ2v) is 6.03. The number of carboxylic acid groups (broad SMARTS) is 1. The van der Waals surface area contributed by atoms with Crippen molar-refractivity contribution < 1.29 is 14.3 Å². The molecular weight excluding hydrogens is 285 g/mol. The third-order valence-electron chi connectivity index (χ3n) is 4.51. The van der Waals surface area contributed by atoms with E-state index in [4.69, 9.17) is 5.11 Å². The average Bonchev–Trinajstić information content (AvgIpc) is 3.02. The minimum atomic E-state index is -0.860. The summed E-state index contributed by atoms with van der Waals surface area (Å²) in [4.78, 5) is 16.6. The summed E-state index contributed by atoms with van der Waals surface area (Å²) in [5.41, 5.74) is 1.65. The Balaban J connectivity index is 1.59. The van der Waals surface area contributed by atoms with E-state index in [-0.39, 0.29) is 5.82 Å². The maximum Gasteiger partial charge on any atom is 0.407 e.